The molecule has 0 aliphatic carbocycles. The van der Waals surface area contributed by atoms with E-state index in [0.717, 1.165) is 33.4 Å². The van der Waals surface area contributed by atoms with E-state index in [9.17, 15) is 10.2 Å². The van der Waals surface area contributed by atoms with Gasteiger partial charge in [0.1, 0.15) is 22.8 Å². The van der Waals surface area contributed by atoms with Crippen molar-refractivity contribution in [3.05, 3.63) is 72.8 Å². The molecular weight excluding hydrogens is 288 g/mol. The van der Waals surface area contributed by atoms with Crippen molar-refractivity contribution in [2.45, 2.75) is 0 Å². The van der Waals surface area contributed by atoms with Crippen LogP contribution in [0.4, 0.5) is 0 Å². The third-order valence-electron chi connectivity index (χ3n) is 3.88. The standard InChI is InChI=1S/C20H14O3/c21-16-8-5-13(6-9-16)20-12-15-11-14(7-10-19(15)23-20)17-3-1-2-4-18(17)22/h1-12,21-22H. The Morgan fingerprint density at radius 1 is 0.696 bits per heavy atom. The number of benzene rings is 3. The lowest BCUT2D eigenvalue weighted by atomic mass is 10.0. The fourth-order valence-electron chi connectivity index (χ4n) is 2.70. The second kappa shape index (κ2) is 5.21. The fourth-order valence-corrected chi connectivity index (χ4v) is 2.70. The Balaban J connectivity index is 1.81. The van der Waals surface area contributed by atoms with Crippen LogP contribution in [0.2, 0.25) is 0 Å². The van der Waals surface area contributed by atoms with Gasteiger partial charge >= 0.3 is 0 Å². The van der Waals surface area contributed by atoms with Crippen LogP contribution in [0.15, 0.2) is 77.2 Å². The van der Waals surface area contributed by atoms with Crippen molar-refractivity contribution in [1.29, 1.82) is 0 Å². The maximum atomic E-state index is 10.00. The third-order valence-corrected chi connectivity index (χ3v) is 3.88. The number of phenols is 2. The summed E-state index contributed by atoms with van der Waals surface area (Å²) in [6.45, 7) is 0. The Bertz CT molecular complexity index is 981. The molecule has 112 valence electrons. The molecule has 0 aliphatic heterocycles. The summed E-state index contributed by atoms with van der Waals surface area (Å²) in [5.41, 5.74) is 3.42. The predicted octanol–water partition coefficient (Wildman–Crippen LogP) is 5.18. The first-order chi connectivity index (χ1) is 11.2. The first kappa shape index (κ1) is 13.5. The average Bonchev–Trinajstić information content (AvgIpc) is 2.99. The number of phenolic OH excluding ortho intramolecular Hbond substituents is 2. The van der Waals surface area contributed by atoms with E-state index in [4.69, 9.17) is 4.42 Å². The predicted molar refractivity (Wildman–Crippen MR) is 90.4 cm³/mol. The number of hydrogen-bond acceptors (Lipinski definition) is 3. The fraction of sp³-hybridized carbons (Fsp3) is 0. The summed E-state index contributed by atoms with van der Waals surface area (Å²) in [6.07, 6.45) is 0. The zero-order valence-corrected chi connectivity index (χ0v) is 12.2. The van der Waals surface area contributed by atoms with Crippen LogP contribution >= 0.6 is 0 Å². The molecular formula is C20H14O3. The van der Waals surface area contributed by atoms with Crippen LogP contribution < -0.4 is 0 Å². The topological polar surface area (TPSA) is 53.6 Å². The summed E-state index contributed by atoms with van der Waals surface area (Å²) in [5, 5.41) is 20.3. The van der Waals surface area contributed by atoms with Crippen molar-refractivity contribution in [3.63, 3.8) is 0 Å². The van der Waals surface area contributed by atoms with Gasteiger partial charge in [0, 0.05) is 16.5 Å². The molecule has 2 N–H and O–H groups in total. The summed E-state index contributed by atoms with van der Waals surface area (Å²) in [6, 6.07) is 22.0. The lowest BCUT2D eigenvalue weighted by molar-refractivity contribution is 0.475. The van der Waals surface area contributed by atoms with Crippen LogP contribution in [0.25, 0.3) is 33.4 Å². The minimum absolute atomic E-state index is 0.228. The van der Waals surface area contributed by atoms with E-state index in [1.165, 1.54) is 0 Å². The van der Waals surface area contributed by atoms with Crippen LogP contribution in [0.1, 0.15) is 0 Å². The second-order valence-electron chi connectivity index (χ2n) is 5.43. The highest BCUT2D eigenvalue weighted by atomic mass is 16.3. The van der Waals surface area contributed by atoms with Crippen molar-refractivity contribution in [2.75, 3.05) is 0 Å². The smallest absolute Gasteiger partial charge is 0.135 e. The van der Waals surface area contributed by atoms with Gasteiger partial charge in [-0.05, 0) is 54.1 Å². The molecule has 4 aromatic rings. The van der Waals surface area contributed by atoms with Gasteiger partial charge in [-0.15, -0.1) is 0 Å². The number of para-hydroxylation sites is 1. The van der Waals surface area contributed by atoms with Crippen molar-refractivity contribution < 1.29 is 14.6 Å². The first-order valence-corrected chi connectivity index (χ1v) is 7.32. The molecule has 0 fully saturated rings. The van der Waals surface area contributed by atoms with E-state index in [-0.39, 0.29) is 11.5 Å². The average molecular weight is 302 g/mol. The van der Waals surface area contributed by atoms with E-state index < -0.39 is 0 Å². The first-order valence-electron chi connectivity index (χ1n) is 7.32. The Morgan fingerprint density at radius 2 is 1.43 bits per heavy atom. The highest BCUT2D eigenvalue weighted by Crippen LogP contribution is 2.34. The van der Waals surface area contributed by atoms with E-state index in [1.54, 1.807) is 24.3 Å². The summed E-state index contributed by atoms with van der Waals surface area (Å²) in [7, 11) is 0. The van der Waals surface area contributed by atoms with E-state index in [0.29, 0.717) is 0 Å². The summed E-state index contributed by atoms with van der Waals surface area (Å²) < 4.78 is 5.87. The summed E-state index contributed by atoms with van der Waals surface area (Å²) in [5.74, 6) is 1.23. The summed E-state index contributed by atoms with van der Waals surface area (Å²) in [4.78, 5) is 0. The molecule has 0 radical (unpaired) electrons. The van der Waals surface area contributed by atoms with Crippen LogP contribution in [0.3, 0.4) is 0 Å². The number of fused-ring (bicyclic) bond motifs is 1. The van der Waals surface area contributed by atoms with Gasteiger partial charge in [-0.1, -0.05) is 24.3 Å². The summed E-state index contributed by atoms with van der Waals surface area (Å²) >= 11 is 0. The minimum atomic E-state index is 0.228. The molecule has 23 heavy (non-hydrogen) atoms. The lowest BCUT2D eigenvalue weighted by Crippen LogP contribution is -1.78. The van der Waals surface area contributed by atoms with Crippen molar-refractivity contribution in [3.8, 4) is 33.9 Å². The highest BCUT2D eigenvalue weighted by Gasteiger charge is 2.09. The molecule has 0 spiro atoms. The Kier molecular flexibility index (Phi) is 3.05. The van der Waals surface area contributed by atoms with Gasteiger partial charge in [0.2, 0.25) is 0 Å². The molecule has 1 heterocycles. The molecule has 3 aromatic carbocycles. The lowest BCUT2D eigenvalue weighted by Gasteiger charge is -2.03. The van der Waals surface area contributed by atoms with Gasteiger partial charge in [-0.2, -0.15) is 0 Å². The van der Waals surface area contributed by atoms with Gasteiger partial charge in [0.15, 0.2) is 0 Å². The largest absolute Gasteiger partial charge is 0.508 e. The zero-order valence-electron chi connectivity index (χ0n) is 12.2. The van der Waals surface area contributed by atoms with Gasteiger partial charge < -0.3 is 14.6 Å². The normalized spacial score (nSPS) is 11.0. The van der Waals surface area contributed by atoms with Crippen molar-refractivity contribution in [2.24, 2.45) is 0 Å². The molecule has 0 bridgehead atoms. The maximum absolute atomic E-state index is 10.00. The Hall–Kier alpha value is -3.20. The maximum Gasteiger partial charge on any atom is 0.135 e. The van der Waals surface area contributed by atoms with Crippen molar-refractivity contribution >= 4 is 11.0 Å². The minimum Gasteiger partial charge on any atom is -0.508 e. The number of hydrogen-bond donors (Lipinski definition) is 2. The monoisotopic (exact) mass is 302 g/mol. The Morgan fingerprint density at radius 3 is 2.22 bits per heavy atom. The van der Waals surface area contributed by atoms with Gasteiger partial charge in [0.05, 0.1) is 0 Å². The third kappa shape index (κ3) is 2.42. The second-order valence-corrected chi connectivity index (χ2v) is 5.43. The van der Waals surface area contributed by atoms with E-state index in [1.807, 2.05) is 48.5 Å². The van der Waals surface area contributed by atoms with Gasteiger partial charge in [-0.25, -0.2) is 0 Å². The molecule has 0 saturated heterocycles. The molecule has 3 nitrogen and oxygen atoms in total. The quantitative estimate of drug-likeness (QED) is 0.536. The zero-order chi connectivity index (χ0) is 15.8. The van der Waals surface area contributed by atoms with Crippen molar-refractivity contribution in [1.82, 2.24) is 0 Å². The van der Waals surface area contributed by atoms with E-state index >= 15 is 0 Å². The highest BCUT2D eigenvalue weighted by molar-refractivity contribution is 5.88. The Labute approximate surface area is 133 Å². The molecule has 0 atom stereocenters. The van der Waals surface area contributed by atoms with Gasteiger partial charge in [0.25, 0.3) is 0 Å². The van der Waals surface area contributed by atoms with Crippen LogP contribution in [-0.4, -0.2) is 10.2 Å². The molecule has 4 rings (SSSR count). The molecule has 0 unspecified atom stereocenters. The SMILES string of the molecule is Oc1ccc(-c2cc3cc(-c4ccccc4O)ccc3o2)cc1. The van der Waals surface area contributed by atoms with E-state index in [2.05, 4.69) is 0 Å². The molecule has 1 aromatic heterocycles. The number of furan rings is 1. The molecule has 0 amide bonds. The number of aromatic hydroxyl groups is 2. The van der Waals surface area contributed by atoms with Crippen LogP contribution in [0.5, 0.6) is 11.5 Å². The van der Waals surface area contributed by atoms with Crippen LogP contribution in [-0.2, 0) is 0 Å². The number of rotatable bonds is 2. The van der Waals surface area contributed by atoms with Gasteiger partial charge in [-0.3, -0.25) is 0 Å². The molecule has 3 heteroatoms. The van der Waals surface area contributed by atoms with Crippen LogP contribution in [0, 0.1) is 0 Å². The molecule has 0 saturated carbocycles. The molecule has 0 aliphatic rings.